The van der Waals surface area contributed by atoms with E-state index in [1.807, 2.05) is 0 Å². The highest BCUT2D eigenvalue weighted by Gasteiger charge is 2.29. The molecule has 1 amide bonds. The number of aliphatic hydroxyl groups is 1. The Labute approximate surface area is 121 Å². The minimum absolute atomic E-state index is 0.108. The van der Waals surface area contributed by atoms with Crippen molar-refractivity contribution in [1.29, 1.82) is 0 Å². The molecule has 0 bridgehead atoms. The van der Waals surface area contributed by atoms with Crippen LogP contribution in [0.3, 0.4) is 0 Å². The number of anilines is 1. The van der Waals surface area contributed by atoms with Gasteiger partial charge in [-0.2, -0.15) is 0 Å². The molecule has 8 heteroatoms. The van der Waals surface area contributed by atoms with Crippen LogP contribution in [-0.4, -0.2) is 52.1 Å². The molecule has 0 spiro atoms. The lowest BCUT2D eigenvalue weighted by Gasteiger charge is -2.34. The molecule has 114 valence electrons. The van der Waals surface area contributed by atoms with Gasteiger partial charge in [0.25, 0.3) is 11.6 Å². The standard InChI is InChI=1S/C13H18N4O4/c1-14-12-11(6-10(7-15-12)17(20)21)13(19)16-5-3-2-4-9(16)8-18/h6-7,9,18H,2-5,8H2,1H3,(H,14,15). The van der Waals surface area contributed by atoms with Gasteiger partial charge in [-0.25, -0.2) is 4.98 Å². The van der Waals surface area contributed by atoms with E-state index in [1.165, 1.54) is 6.07 Å². The molecule has 0 saturated carbocycles. The van der Waals surface area contributed by atoms with Gasteiger partial charge in [0.2, 0.25) is 0 Å². The van der Waals surface area contributed by atoms with Gasteiger partial charge in [0, 0.05) is 19.7 Å². The number of piperidine rings is 1. The van der Waals surface area contributed by atoms with Crippen LogP contribution < -0.4 is 5.32 Å². The first kappa shape index (κ1) is 15.2. The Bertz CT molecular complexity index is 549. The van der Waals surface area contributed by atoms with Crippen LogP contribution in [0.25, 0.3) is 0 Å². The summed E-state index contributed by atoms with van der Waals surface area (Å²) in [5.74, 6) is -0.0397. The first-order chi connectivity index (χ1) is 10.1. The number of nitrogens with one attached hydrogen (secondary N) is 1. The monoisotopic (exact) mass is 294 g/mol. The first-order valence-electron chi connectivity index (χ1n) is 6.82. The molecular formula is C13H18N4O4. The van der Waals surface area contributed by atoms with Crippen molar-refractivity contribution in [2.75, 3.05) is 25.5 Å². The number of likely N-dealkylation sites (tertiary alicyclic amines) is 1. The summed E-state index contributed by atoms with van der Waals surface area (Å²) in [5, 5.41) is 23.0. The highest BCUT2D eigenvalue weighted by Crippen LogP contribution is 2.24. The SMILES string of the molecule is CNc1ncc([N+](=O)[O-])cc1C(=O)N1CCCCC1CO. The summed E-state index contributed by atoms with van der Waals surface area (Å²) in [6, 6.07) is 0.986. The summed E-state index contributed by atoms with van der Waals surface area (Å²) >= 11 is 0. The Morgan fingerprint density at radius 1 is 1.62 bits per heavy atom. The van der Waals surface area contributed by atoms with E-state index >= 15 is 0 Å². The molecule has 1 atom stereocenters. The van der Waals surface area contributed by atoms with Gasteiger partial charge in [0.05, 0.1) is 23.1 Å². The number of nitro groups is 1. The molecule has 0 aromatic carbocycles. The highest BCUT2D eigenvalue weighted by molar-refractivity contribution is 5.99. The summed E-state index contributed by atoms with van der Waals surface area (Å²) in [5.41, 5.74) is -0.0676. The molecule has 1 aliphatic rings. The van der Waals surface area contributed by atoms with E-state index in [0.717, 1.165) is 25.5 Å². The van der Waals surface area contributed by atoms with E-state index in [2.05, 4.69) is 10.3 Å². The highest BCUT2D eigenvalue weighted by atomic mass is 16.6. The summed E-state index contributed by atoms with van der Waals surface area (Å²) in [6.45, 7) is 0.429. The van der Waals surface area contributed by atoms with Gasteiger partial charge in [-0.1, -0.05) is 0 Å². The van der Waals surface area contributed by atoms with Crippen LogP contribution in [0.1, 0.15) is 29.6 Å². The molecule has 1 saturated heterocycles. The molecule has 1 unspecified atom stereocenters. The van der Waals surface area contributed by atoms with Crippen molar-refractivity contribution >= 4 is 17.4 Å². The molecule has 8 nitrogen and oxygen atoms in total. The lowest BCUT2D eigenvalue weighted by molar-refractivity contribution is -0.385. The van der Waals surface area contributed by atoms with Crippen molar-refractivity contribution in [3.05, 3.63) is 27.9 Å². The maximum Gasteiger partial charge on any atom is 0.288 e. The van der Waals surface area contributed by atoms with Crippen LogP contribution in [0.15, 0.2) is 12.3 Å². The maximum absolute atomic E-state index is 12.6. The molecular weight excluding hydrogens is 276 g/mol. The molecule has 21 heavy (non-hydrogen) atoms. The van der Waals surface area contributed by atoms with Crippen molar-refractivity contribution in [2.24, 2.45) is 0 Å². The Morgan fingerprint density at radius 3 is 3.00 bits per heavy atom. The van der Waals surface area contributed by atoms with E-state index in [-0.39, 0.29) is 29.8 Å². The average molecular weight is 294 g/mol. The zero-order valence-corrected chi connectivity index (χ0v) is 11.8. The fourth-order valence-corrected chi connectivity index (χ4v) is 2.53. The third kappa shape index (κ3) is 3.10. The smallest absolute Gasteiger partial charge is 0.288 e. The minimum Gasteiger partial charge on any atom is -0.394 e. The zero-order chi connectivity index (χ0) is 15.4. The van der Waals surface area contributed by atoms with Gasteiger partial charge < -0.3 is 15.3 Å². The maximum atomic E-state index is 12.6. The van der Waals surface area contributed by atoms with Gasteiger partial charge in [-0.15, -0.1) is 0 Å². The van der Waals surface area contributed by atoms with E-state index in [0.29, 0.717) is 12.4 Å². The number of aromatic nitrogens is 1. The number of pyridine rings is 1. The lowest BCUT2D eigenvalue weighted by atomic mass is 10.0. The number of amides is 1. The average Bonchev–Trinajstić information content (AvgIpc) is 2.53. The number of rotatable bonds is 4. The molecule has 1 aromatic rings. The van der Waals surface area contributed by atoms with Crippen molar-refractivity contribution in [1.82, 2.24) is 9.88 Å². The van der Waals surface area contributed by atoms with E-state index < -0.39 is 4.92 Å². The summed E-state index contributed by atoms with van der Waals surface area (Å²) in [4.78, 5) is 28.4. The van der Waals surface area contributed by atoms with Crippen molar-refractivity contribution < 1.29 is 14.8 Å². The molecule has 2 heterocycles. The van der Waals surface area contributed by atoms with Gasteiger partial charge in [0.15, 0.2) is 0 Å². The molecule has 1 aliphatic heterocycles. The van der Waals surface area contributed by atoms with Crippen molar-refractivity contribution in [2.45, 2.75) is 25.3 Å². The van der Waals surface area contributed by atoms with Crippen molar-refractivity contribution in [3.63, 3.8) is 0 Å². The fraction of sp³-hybridized carbons (Fsp3) is 0.538. The molecule has 0 aliphatic carbocycles. The predicted molar refractivity (Wildman–Crippen MR) is 76.2 cm³/mol. The number of aliphatic hydroxyl groups excluding tert-OH is 1. The third-order valence-corrected chi connectivity index (χ3v) is 3.65. The second-order valence-corrected chi connectivity index (χ2v) is 4.93. The molecule has 2 rings (SSSR count). The predicted octanol–water partition coefficient (Wildman–Crippen LogP) is 1.02. The number of nitrogens with zero attached hydrogens (tertiary/aromatic N) is 3. The van der Waals surface area contributed by atoms with Gasteiger partial charge >= 0.3 is 0 Å². The third-order valence-electron chi connectivity index (χ3n) is 3.65. The topological polar surface area (TPSA) is 109 Å². The lowest BCUT2D eigenvalue weighted by Crippen LogP contribution is -2.45. The summed E-state index contributed by atoms with van der Waals surface area (Å²) in [6.07, 6.45) is 3.67. The Morgan fingerprint density at radius 2 is 2.38 bits per heavy atom. The number of carbonyl (C=O) groups excluding carboxylic acids is 1. The molecule has 2 N–H and O–H groups in total. The van der Waals surface area contributed by atoms with Crippen molar-refractivity contribution in [3.8, 4) is 0 Å². The Balaban J connectivity index is 2.36. The van der Waals surface area contributed by atoms with E-state index in [1.54, 1.807) is 11.9 Å². The van der Waals surface area contributed by atoms with Crippen LogP contribution in [0.2, 0.25) is 0 Å². The number of hydrogen-bond donors (Lipinski definition) is 2. The van der Waals surface area contributed by atoms with E-state index in [9.17, 15) is 20.0 Å². The summed E-state index contributed by atoms with van der Waals surface area (Å²) < 4.78 is 0. The van der Waals surface area contributed by atoms with Gasteiger partial charge in [-0.3, -0.25) is 14.9 Å². The second-order valence-electron chi connectivity index (χ2n) is 4.93. The van der Waals surface area contributed by atoms with Crippen LogP contribution in [-0.2, 0) is 0 Å². The van der Waals surface area contributed by atoms with Crippen LogP contribution >= 0.6 is 0 Å². The zero-order valence-electron chi connectivity index (χ0n) is 11.8. The first-order valence-corrected chi connectivity index (χ1v) is 6.82. The van der Waals surface area contributed by atoms with Gasteiger partial charge in [0.1, 0.15) is 12.0 Å². The molecule has 1 fully saturated rings. The quantitative estimate of drug-likeness (QED) is 0.634. The number of carbonyl (C=O) groups is 1. The largest absolute Gasteiger partial charge is 0.394 e. The number of hydrogen-bond acceptors (Lipinski definition) is 6. The second kappa shape index (κ2) is 6.49. The Hall–Kier alpha value is -2.22. The van der Waals surface area contributed by atoms with E-state index in [4.69, 9.17) is 0 Å². The van der Waals surface area contributed by atoms with Gasteiger partial charge in [-0.05, 0) is 19.3 Å². The molecule has 1 aromatic heterocycles. The fourth-order valence-electron chi connectivity index (χ4n) is 2.53. The normalized spacial score (nSPS) is 18.4. The van der Waals surface area contributed by atoms with Crippen LogP contribution in [0.4, 0.5) is 11.5 Å². The summed E-state index contributed by atoms with van der Waals surface area (Å²) in [7, 11) is 1.60. The Kier molecular flexibility index (Phi) is 4.69. The molecule has 0 radical (unpaired) electrons. The minimum atomic E-state index is -0.580. The van der Waals surface area contributed by atoms with Crippen LogP contribution in [0.5, 0.6) is 0 Å². The van der Waals surface area contributed by atoms with Crippen LogP contribution in [0, 0.1) is 10.1 Å².